The van der Waals surface area contributed by atoms with Crippen LogP contribution in [0.2, 0.25) is 10.0 Å². The van der Waals surface area contributed by atoms with Crippen molar-refractivity contribution in [1.82, 2.24) is 5.16 Å². The maximum atomic E-state index is 9.91. The fourth-order valence-corrected chi connectivity index (χ4v) is 3.78. The van der Waals surface area contributed by atoms with Crippen LogP contribution in [0.25, 0.3) is 0 Å². The molecule has 7 heteroatoms. The Kier molecular flexibility index (Phi) is 4.31. The number of nitrogens with two attached hydrogens (primary N) is 1. The fraction of sp³-hybridized carbons (Fsp3) is 0.100. The molecule has 134 valence electrons. The van der Waals surface area contributed by atoms with Crippen molar-refractivity contribution in [2.75, 3.05) is 4.90 Å². The molecule has 0 saturated carbocycles. The Labute approximate surface area is 166 Å². The van der Waals surface area contributed by atoms with Crippen LogP contribution in [0.1, 0.15) is 22.7 Å². The van der Waals surface area contributed by atoms with Crippen molar-refractivity contribution in [3.05, 3.63) is 86.8 Å². The number of benzene rings is 2. The highest BCUT2D eigenvalue weighted by atomic mass is 35.5. The van der Waals surface area contributed by atoms with E-state index in [0.29, 0.717) is 32.9 Å². The molecule has 2 aromatic carbocycles. The smallest absolute Gasteiger partial charge is 0.241 e. The van der Waals surface area contributed by atoms with Gasteiger partial charge in [-0.3, -0.25) is 4.90 Å². The number of allylic oxidation sites excluding steroid dienone is 1. The highest BCUT2D eigenvalue weighted by molar-refractivity contribution is 6.31. The van der Waals surface area contributed by atoms with Gasteiger partial charge in [-0.05, 0) is 42.8 Å². The second-order valence-electron chi connectivity index (χ2n) is 6.20. The maximum absolute atomic E-state index is 9.91. The molecule has 5 nitrogen and oxygen atoms in total. The van der Waals surface area contributed by atoms with E-state index in [9.17, 15) is 5.26 Å². The van der Waals surface area contributed by atoms with E-state index in [1.807, 2.05) is 37.3 Å². The van der Waals surface area contributed by atoms with Crippen molar-refractivity contribution < 1.29 is 4.52 Å². The van der Waals surface area contributed by atoms with Crippen LogP contribution in [0.5, 0.6) is 0 Å². The van der Waals surface area contributed by atoms with Crippen LogP contribution >= 0.6 is 23.2 Å². The summed E-state index contributed by atoms with van der Waals surface area (Å²) in [5.41, 5.74) is 9.82. The molecule has 1 aliphatic heterocycles. The van der Waals surface area contributed by atoms with Crippen molar-refractivity contribution >= 4 is 34.8 Å². The summed E-state index contributed by atoms with van der Waals surface area (Å²) in [6.45, 7) is 1.84. The summed E-state index contributed by atoms with van der Waals surface area (Å²) in [4.78, 5) is 1.67. The molecule has 0 aliphatic carbocycles. The summed E-state index contributed by atoms with van der Waals surface area (Å²) in [7, 11) is 0. The molecule has 3 aromatic rings. The number of nitriles is 1. The predicted molar refractivity (Wildman–Crippen MR) is 105 cm³/mol. The highest BCUT2D eigenvalue weighted by Gasteiger charge is 2.38. The van der Waals surface area contributed by atoms with Gasteiger partial charge in [-0.15, -0.1) is 0 Å². The van der Waals surface area contributed by atoms with Crippen molar-refractivity contribution in [3.8, 4) is 6.07 Å². The molecular formula is C20H14Cl2N4O. The molecule has 0 bridgehead atoms. The van der Waals surface area contributed by atoms with Gasteiger partial charge in [0.2, 0.25) is 5.88 Å². The number of nitrogens with zero attached hydrogens (tertiary/aromatic N) is 3. The monoisotopic (exact) mass is 396 g/mol. The number of halogens is 2. The van der Waals surface area contributed by atoms with Crippen LogP contribution in [0, 0.1) is 18.3 Å². The molecular weight excluding hydrogens is 383 g/mol. The van der Waals surface area contributed by atoms with E-state index in [0.717, 1.165) is 11.1 Å². The maximum Gasteiger partial charge on any atom is 0.241 e. The molecule has 0 unspecified atom stereocenters. The third-order valence-electron chi connectivity index (χ3n) is 4.56. The van der Waals surface area contributed by atoms with E-state index < -0.39 is 5.92 Å². The molecule has 0 amide bonds. The molecule has 1 aromatic heterocycles. The zero-order valence-electron chi connectivity index (χ0n) is 14.3. The molecule has 0 saturated heterocycles. The first-order valence-corrected chi connectivity index (χ1v) is 8.94. The second kappa shape index (κ2) is 6.66. The van der Waals surface area contributed by atoms with Crippen molar-refractivity contribution in [1.29, 1.82) is 5.26 Å². The molecule has 4 rings (SSSR count). The molecule has 1 aliphatic rings. The Balaban J connectivity index is 1.99. The number of hydrogen-bond donors (Lipinski definition) is 1. The molecule has 1 atom stereocenters. The Morgan fingerprint density at radius 2 is 1.85 bits per heavy atom. The average molecular weight is 397 g/mol. The summed E-state index contributed by atoms with van der Waals surface area (Å²) in [6.07, 6.45) is 0. The van der Waals surface area contributed by atoms with Crippen LogP contribution in [0.15, 0.2) is 64.4 Å². The number of anilines is 2. The lowest BCUT2D eigenvalue weighted by Gasteiger charge is -2.32. The normalized spacial score (nSPS) is 16.2. The SMILES string of the molecule is Cc1noc2c1[C@H](c1cccc(Cl)c1)C(C#N)=C(N)N2c1cccc(Cl)c1. The molecule has 0 fully saturated rings. The minimum Gasteiger partial charge on any atom is -0.384 e. The van der Waals surface area contributed by atoms with Gasteiger partial charge >= 0.3 is 0 Å². The number of hydrogen-bond acceptors (Lipinski definition) is 5. The van der Waals surface area contributed by atoms with Gasteiger partial charge in [-0.2, -0.15) is 5.26 Å². The van der Waals surface area contributed by atoms with Gasteiger partial charge in [0, 0.05) is 10.0 Å². The van der Waals surface area contributed by atoms with Crippen LogP contribution < -0.4 is 10.6 Å². The average Bonchev–Trinajstić information content (AvgIpc) is 3.01. The molecule has 27 heavy (non-hydrogen) atoms. The van der Waals surface area contributed by atoms with E-state index in [2.05, 4.69) is 11.2 Å². The number of rotatable bonds is 2. The number of aryl methyl sites for hydroxylation is 1. The van der Waals surface area contributed by atoms with Gasteiger partial charge in [0.1, 0.15) is 5.82 Å². The van der Waals surface area contributed by atoms with Crippen LogP contribution in [0.3, 0.4) is 0 Å². The van der Waals surface area contributed by atoms with Gasteiger partial charge in [0.25, 0.3) is 0 Å². The molecule has 0 spiro atoms. The van der Waals surface area contributed by atoms with Gasteiger partial charge in [-0.1, -0.05) is 46.6 Å². The van der Waals surface area contributed by atoms with Crippen molar-refractivity contribution in [2.45, 2.75) is 12.8 Å². The Morgan fingerprint density at radius 3 is 2.52 bits per heavy atom. The third kappa shape index (κ3) is 2.84. The van der Waals surface area contributed by atoms with Gasteiger partial charge in [-0.25, -0.2) is 0 Å². The summed E-state index contributed by atoms with van der Waals surface area (Å²) in [6, 6.07) is 16.8. The minimum absolute atomic E-state index is 0.272. The summed E-state index contributed by atoms with van der Waals surface area (Å²) < 4.78 is 5.62. The minimum atomic E-state index is -0.412. The van der Waals surface area contributed by atoms with E-state index in [4.69, 9.17) is 33.5 Å². The third-order valence-corrected chi connectivity index (χ3v) is 5.03. The predicted octanol–water partition coefficient (Wildman–Crippen LogP) is 5.27. The number of fused-ring (bicyclic) bond motifs is 1. The molecule has 2 heterocycles. The molecule has 2 N–H and O–H groups in total. The summed E-state index contributed by atoms with van der Waals surface area (Å²) >= 11 is 12.3. The highest BCUT2D eigenvalue weighted by Crippen LogP contribution is 2.48. The van der Waals surface area contributed by atoms with E-state index in [1.54, 1.807) is 23.1 Å². The van der Waals surface area contributed by atoms with Crippen LogP contribution in [-0.2, 0) is 0 Å². The van der Waals surface area contributed by atoms with E-state index in [-0.39, 0.29) is 5.82 Å². The second-order valence-corrected chi connectivity index (χ2v) is 7.07. The van der Waals surface area contributed by atoms with Gasteiger partial charge < -0.3 is 10.3 Å². The quantitative estimate of drug-likeness (QED) is 0.638. The lowest BCUT2D eigenvalue weighted by molar-refractivity contribution is 0.420. The van der Waals surface area contributed by atoms with Crippen molar-refractivity contribution in [2.24, 2.45) is 5.73 Å². The van der Waals surface area contributed by atoms with Gasteiger partial charge in [0.15, 0.2) is 0 Å². The lowest BCUT2D eigenvalue weighted by Crippen LogP contribution is -2.31. The summed E-state index contributed by atoms with van der Waals surface area (Å²) in [5.74, 6) is 0.329. The largest absolute Gasteiger partial charge is 0.384 e. The topological polar surface area (TPSA) is 79.1 Å². The van der Waals surface area contributed by atoms with Crippen LogP contribution in [-0.4, -0.2) is 5.16 Å². The number of aromatic nitrogens is 1. The fourth-order valence-electron chi connectivity index (χ4n) is 3.39. The zero-order valence-corrected chi connectivity index (χ0v) is 15.8. The zero-order chi connectivity index (χ0) is 19.1. The lowest BCUT2D eigenvalue weighted by atomic mass is 9.82. The summed E-state index contributed by atoms with van der Waals surface area (Å²) in [5, 5.41) is 15.2. The van der Waals surface area contributed by atoms with Crippen LogP contribution in [0.4, 0.5) is 11.6 Å². The first-order valence-electron chi connectivity index (χ1n) is 8.18. The Bertz CT molecular complexity index is 1110. The first-order chi connectivity index (χ1) is 13.0. The Hall–Kier alpha value is -2.94. The van der Waals surface area contributed by atoms with E-state index in [1.165, 1.54) is 0 Å². The molecule has 0 radical (unpaired) electrons. The van der Waals surface area contributed by atoms with Crippen molar-refractivity contribution in [3.63, 3.8) is 0 Å². The Morgan fingerprint density at radius 1 is 1.15 bits per heavy atom. The van der Waals surface area contributed by atoms with Gasteiger partial charge in [0.05, 0.1) is 34.5 Å². The first kappa shape index (κ1) is 17.5. The van der Waals surface area contributed by atoms with E-state index >= 15 is 0 Å². The standard InChI is InChI=1S/C20H14Cl2N4O/c1-11-17-18(12-4-2-5-13(21)8-12)16(10-23)19(24)26(20(17)27-25-11)15-7-3-6-14(22)9-15/h2-9,18H,24H2,1H3/t18-/m1/s1.